The number of nitrogens with one attached hydrogen (secondary N) is 1. The summed E-state index contributed by atoms with van der Waals surface area (Å²) in [7, 11) is 2.00. The number of aryl methyl sites for hydroxylation is 2. The molecule has 0 aromatic carbocycles. The third kappa shape index (κ3) is 2.38. The van der Waals surface area contributed by atoms with Crippen LogP contribution in [0.1, 0.15) is 44.0 Å². The monoisotopic (exact) mass is 296 g/mol. The Balaban J connectivity index is 1.86. The molecule has 1 saturated carbocycles. The molecule has 1 aliphatic carbocycles. The quantitative estimate of drug-likeness (QED) is 0.910. The van der Waals surface area contributed by atoms with Crippen molar-refractivity contribution in [3.63, 3.8) is 0 Å². The molecule has 4 nitrogen and oxygen atoms in total. The van der Waals surface area contributed by atoms with Crippen LogP contribution in [0, 0.1) is 6.92 Å². The van der Waals surface area contributed by atoms with Crippen molar-refractivity contribution in [3.05, 3.63) is 16.4 Å². The highest BCUT2D eigenvalue weighted by atomic mass is 35.5. The summed E-state index contributed by atoms with van der Waals surface area (Å²) < 4.78 is 1.95. The van der Waals surface area contributed by atoms with Gasteiger partial charge in [-0.2, -0.15) is 5.10 Å². The predicted octanol–water partition coefficient (Wildman–Crippen LogP) is 2.49. The summed E-state index contributed by atoms with van der Waals surface area (Å²) in [6.07, 6.45) is 5.32. The van der Waals surface area contributed by atoms with Gasteiger partial charge < -0.3 is 5.32 Å². The summed E-state index contributed by atoms with van der Waals surface area (Å²) in [6, 6.07) is 0.550. The second-order valence-corrected chi connectivity index (χ2v) is 6.94. The van der Waals surface area contributed by atoms with Crippen LogP contribution in [0.3, 0.4) is 0 Å². The lowest BCUT2D eigenvalue weighted by Crippen LogP contribution is -2.62. The Hall–Kier alpha value is -0.580. The molecule has 1 unspecified atom stereocenters. The molecule has 1 atom stereocenters. The van der Waals surface area contributed by atoms with Crippen molar-refractivity contribution in [1.29, 1.82) is 0 Å². The second kappa shape index (κ2) is 5.32. The van der Waals surface area contributed by atoms with Crippen molar-refractivity contribution in [2.24, 2.45) is 7.05 Å². The van der Waals surface area contributed by atoms with Gasteiger partial charge in [0.1, 0.15) is 0 Å². The maximum Gasteiger partial charge on any atom is 0.0860 e. The summed E-state index contributed by atoms with van der Waals surface area (Å²) >= 11 is 6.44. The summed E-state index contributed by atoms with van der Waals surface area (Å²) in [6.45, 7) is 7.38. The molecule has 5 heteroatoms. The largest absolute Gasteiger partial charge is 0.311 e. The molecule has 1 N–H and O–H groups in total. The summed E-state index contributed by atoms with van der Waals surface area (Å²) in [4.78, 5) is 2.66. The molecular formula is C15H25ClN4. The minimum atomic E-state index is 0.341. The van der Waals surface area contributed by atoms with Gasteiger partial charge >= 0.3 is 0 Å². The Bertz CT molecular complexity index is 490. The number of rotatable bonds is 2. The first kappa shape index (κ1) is 14.4. The normalized spacial score (nSPS) is 26.5. The highest BCUT2D eigenvalue weighted by Crippen LogP contribution is 2.38. The SMILES string of the molecule is Cc1nn(C)c(CN2CC(C)NCC23CCCC3)c1Cl. The van der Waals surface area contributed by atoms with Gasteiger partial charge in [0.15, 0.2) is 0 Å². The van der Waals surface area contributed by atoms with Gasteiger partial charge in [0.05, 0.1) is 16.4 Å². The van der Waals surface area contributed by atoms with Crippen LogP contribution < -0.4 is 5.32 Å². The van der Waals surface area contributed by atoms with E-state index in [1.54, 1.807) is 0 Å². The van der Waals surface area contributed by atoms with E-state index in [4.69, 9.17) is 11.6 Å². The molecule has 1 aromatic rings. The van der Waals surface area contributed by atoms with Crippen LogP contribution >= 0.6 is 11.6 Å². The van der Waals surface area contributed by atoms with Gasteiger partial charge in [-0.15, -0.1) is 0 Å². The second-order valence-electron chi connectivity index (χ2n) is 6.56. The third-order valence-corrected chi connectivity index (χ3v) is 5.57. The lowest BCUT2D eigenvalue weighted by Gasteiger charge is -2.47. The lowest BCUT2D eigenvalue weighted by atomic mass is 9.91. The molecule has 2 aliphatic rings. The Morgan fingerprint density at radius 2 is 2.10 bits per heavy atom. The van der Waals surface area contributed by atoms with Crippen LogP contribution in [0.2, 0.25) is 5.02 Å². The van der Waals surface area contributed by atoms with E-state index in [9.17, 15) is 0 Å². The maximum absolute atomic E-state index is 6.44. The van der Waals surface area contributed by atoms with Crippen molar-refractivity contribution in [3.8, 4) is 0 Å². The first-order valence-electron chi connectivity index (χ1n) is 7.68. The van der Waals surface area contributed by atoms with Gasteiger partial charge in [-0.05, 0) is 26.7 Å². The number of hydrogen-bond donors (Lipinski definition) is 1. The van der Waals surface area contributed by atoms with E-state index in [-0.39, 0.29) is 0 Å². The topological polar surface area (TPSA) is 33.1 Å². The van der Waals surface area contributed by atoms with Gasteiger partial charge in [-0.1, -0.05) is 24.4 Å². The first-order valence-corrected chi connectivity index (χ1v) is 8.06. The Kier molecular flexibility index (Phi) is 3.82. The number of halogens is 1. The molecule has 0 bridgehead atoms. The Morgan fingerprint density at radius 3 is 2.70 bits per heavy atom. The van der Waals surface area contributed by atoms with Crippen LogP contribution in [0.5, 0.6) is 0 Å². The molecule has 1 saturated heterocycles. The van der Waals surface area contributed by atoms with Crippen LogP contribution in [-0.2, 0) is 13.6 Å². The average molecular weight is 297 g/mol. The van der Waals surface area contributed by atoms with E-state index < -0.39 is 0 Å². The number of nitrogens with zero attached hydrogens (tertiary/aromatic N) is 3. The predicted molar refractivity (Wildman–Crippen MR) is 82.0 cm³/mol. The third-order valence-electron chi connectivity index (χ3n) is 5.08. The van der Waals surface area contributed by atoms with E-state index in [0.717, 1.165) is 36.0 Å². The zero-order valence-electron chi connectivity index (χ0n) is 12.7. The van der Waals surface area contributed by atoms with E-state index in [1.807, 2.05) is 18.7 Å². The molecule has 2 fully saturated rings. The van der Waals surface area contributed by atoms with Crippen LogP contribution in [0.15, 0.2) is 0 Å². The van der Waals surface area contributed by atoms with E-state index in [2.05, 4.69) is 22.2 Å². The smallest absolute Gasteiger partial charge is 0.0860 e. The summed E-state index contributed by atoms with van der Waals surface area (Å²) in [5, 5.41) is 8.96. The number of hydrogen-bond acceptors (Lipinski definition) is 3. The van der Waals surface area contributed by atoms with Crippen molar-refractivity contribution < 1.29 is 0 Å². The zero-order valence-corrected chi connectivity index (χ0v) is 13.5. The number of piperazine rings is 1. The Morgan fingerprint density at radius 1 is 1.40 bits per heavy atom. The van der Waals surface area contributed by atoms with Gasteiger partial charge in [-0.3, -0.25) is 9.58 Å². The highest BCUT2D eigenvalue weighted by molar-refractivity contribution is 6.31. The fourth-order valence-electron chi connectivity index (χ4n) is 3.86. The van der Waals surface area contributed by atoms with Crippen LogP contribution in [0.25, 0.3) is 0 Å². The molecule has 1 aromatic heterocycles. The van der Waals surface area contributed by atoms with E-state index in [1.165, 1.54) is 25.7 Å². The highest BCUT2D eigenvalue weighted by Gasteiger charge is 2.43. The van der Waals surface area contributed by atoms with Gasteiger partial charge in [0.25, 0.3) is 0 Å². The molecule has 112 valence electrons. The first-order chi connectivity index (χ1) is 9.52. The van der Waals surface area contributed by atoms with E-state index >= 15 is 0 Å². The molecule has 0 amide bonds. The Labute approximate surface area is 126 Å². The zero-order chi connectivity index (χ0) is 14.3. The molecular weight excluding hydrogens is 272 g/mol. The average Bonchev–Trinajstić information content (AvgIpc) is 2.96. The van der Waals surface area contributed by atoms with Crippen LogP contribution in [-0.4, -0.2) is 39.4 Å². The minimum absolute atomic E-state index is 0.341. The standard InChI is InChI=1S/C15H25ClN4/c1-11-8-20(15(10-17-11)6-4-5-7-15)9-13-14(16)12(2)18-19(13)3/h11,17H,4-10H2,1-3H3. The molecule has 2 heterocycles. The van der Waals surface area contributed by atoms with Gasteiger partial charge in [0, 0.05) is 38.3 Å². The van der Waals surface area contributed by atoms with Gasteiger partial charge in [0.2, 0.25) is 0 Å². The molecule has 0 radical (unpaired) electrons. The van der Waals surface area contributed by atoms with Crippen molar-refractivity contribution in [1.82, 2.24) is 20.0 Å². The lowest BCUT2D eigenvalue weighted by molar-refractivity contribution is 0.0373. The molecule has 1 spiro atoms. The van der Waals surface area contributed by atoms with Crippen molar-refractivity contribution in [2.75, 3.05) is 13.1 Å². The molecule has 1 aliphatic heterocycles. The minimum Gasteiger partial charge on any atom is -0.311 e. The number of aromatic nitrogens is 2. The molecule has 3 rings (SSSR count). The summed E-state index contributed by atoms with van der Waals surface area (Å²) in [5.41, 5.74) is 2.44. The summed E-state index contributed by atoms with van der Waals surface area (Å²) in [5.74, 6) is 0. The fourth-order valence-corrected chi connectivity index (χ4v) is 4.08. The maximum atomic E-state index is 6.44. The van der Waals surface area contributed by atoms with E-state index in [0.29, 0.717) is 11.6 Å². The van der Waals surface area contributed by atoms with Crippen molar-refractivity contribution >= 4 is 11.6 Å². The van der Waals surface area contributed by atoms with Crippen molar-refractivity contribution in [2.45, 2.75) is 57.7 Å². The van der Waals surface area contributed by atoms with Gasteiger partial charge in [-0.25, -0.2) is 0 Å². The molecule has 20 heavy (non-hydrogen) atoms. The van der Waals surface area contributed by atoms with Crippen LogP contribution in [0.4, 0.5) is 0 Å². The fraction of sp³-hybridized carbons (Fsp3) is 0.800.